The van der Waals surface area contributed by atoms with Crippen LogP contribution >= 0.6 is 0 Å². The summed E-state index contributed by atoms with van der Waals surface area (Å²) in [4.78, 5) is 0. The van der Waals surface area contributed by atoms with E-state index in [1.54, 1.807) is 0 Å². The minimum atomic E-state index is -0.336. The summed E-state index contributed by atoms with van der Waals surface area (Å²) in [5, 5.41) is 12.9. The van der Waals surface area contributed by atoms with Crippen LogP contribution in [-0.2, 0) is 0 Å². The van der Waals surface area contributed by atoms with Crippen molar-refractivity contribution in [2.45, 2.75) is 19.1 Å². The number of nitrogens with one attached hydrogen (secondary N) is 1. The molecule has 1 aliphatic rings. The van der Waals surface area contributed by atoms with Crippen molar-refractivity contribution in [1.82, 2.24) is 5.32 Å². The second kappa shape index (κ2) is 2.88. The minimum absolute atomic E-state index is 0.336. The van der Waals surface area contributed by atoms with E-state index in [2.05, 4.69) is 18.3 Å². The second-order valence-electron chi connectivity index (χ2n) is 3.27. The Bertz CT molecular complexity index is 256. The Morgan fingerprint density at radius 1 is 1.33 bits per heavy atom. The first-order valence-corrected chi connectivity index (χ1v) is 4.29. The Kier molecular flexibility index (Phi) is 1.87. The molecule has 0 saturated heterocycles. The van der Waals surface area contributed by atoms with Gasteiger partial charge < -0.3 is 10.4 Å². The van der Waals surface area contributed by atoms with Gasteiger partial charge in [0.2, 0.25) is 0 Å². The summed E-state index contributed by atoms with van der Waals surface area (Å²) in [6.45, 7) is 2.78. The Balaban J connectivity index is 2.47. The molecule has 12 heavy (non-hydrogen) atoms. The number of rotatable bonds is 0. The van der Waals surface area contributed by atoms with E-state index in [0.717, 1.165) is 5.56 Å². The molecule has 2 nitrogen and oxygen atoms in total. The summed E-state index contributed by atoms with van der Waals surface area (Å²) in [6.07, 6.45) is -0.336. The van der Waals surface area contributed by atoms with Crippen molar-refractivity contribution >= 4 is 0 Å². The van der Waals surface area contributed by atoms with Crippen LogP contribution in [0.5, 0.6) is 0 Å². The molecule has 2 atom stereocenters. The highest BCUT2D eigenvalue weighted by Crippen LogP contribution is 2.27. The zero-order valence-electron chi connectivity index (χ0n) is 7.12. The summed E-state index contributed by atoms with van der Waals surface area (Å²) in [5.74, 6) is 0. The molecule has 0 aromatic heterocycles. The van der Waals surface area contributed by atoms with Gasteiger partial charge in [0, 0.05) is 12.6 Å². The van der Waals surface area contributed by atoms with E-state index in [1.165, 1.54) is 5.56 Å². The lowest BCUT2D eigenvalue weighted by Crippen LogP contribution is -2.31. The van der Waals surface area contributed by atoms with Gasteiger partial charge in [0.05, 0.1) is 6.10 Å². The lowest BCUT2D eigenvalue weighted by atomic mass is 9.94. The molecule has 1 heterocycles. The van der Waals surface area contributed by atoms with E-state index in [1.807, 2.05) is 18.2 Å². The van der Waals surface area contributed by atoms with Crippen LogP contribution in [0.15, 0.2) is 24.3 Å². The second-order valence-corrected chi connectivity index (χ2v) is 3.27. The van der Waals surface area contributed by atoms with E-state index in [9.17, 15) is 5.11 Å². The molecular formula is C10H13NO. The van der Waals surface area contributed by atoms with Crippen LogP contribution in [0.2, 0.25) is 0 Å². The highest BCUT2D eigenvalue weighted by molar-refractivity contribution is 5.33. The summed E-state index contributed by atoms with van der Waals surface area (Å²) in [7, 11) is 0. The fraction of sp³-hybridized carbons (Fsp3) is 0.400. The molecule has 64 valence electrons. The monoisotopic (exact) mass is 163 g/mol. The number of fused-ring (bicyclic) bond motifs is 1. The van der Waals surface area contributed by atoms with Gasteiger partial charge in [0.25, 0.3) is 0 Å². The van der Waals surface area contributed by atoms with Crippen molar-refractivity contribution < 1.29 is 5.11 Å². The number of aliphatic hydroxyl groups excluding tert-OH is 1. The Morgan fingerprint density at radius 3 is 2.67 bits per heavy atom. The third-order valence-corrected chi connectivity index (χ3v) is 2.44. The zero-order chi connectivity index (χ0) is 8.55. The third-order valence-electron chi connectivity index (χ3n) is 2.44. The van der Waals surface area contributed by atoms with Crippen LogP contribution in [0.25, 0.3) is 0 Å². The molecule has 0 amide bonds. The first-order chi connectivity index (χ1) is 5.79. The molecule has 0 spiro atoms. The standard InChI is InChI=1S/C10H13NO/c1-7-8-4-2-3-5-9(8)10(12)6-11-7/h2-5,7,10-12H,6H2,1H3/t7-,10+/m0/s1. The van der Waals surface area contributed by atoms with Gasteiger partial charge in [-0.3, -0.25) is 0 Å². The lowest BCUT2D eigenvalue weighted by molar-refractivity contribution is 0.159. The van der Waals surface area contributed by atoms with E-state index < -0.39 is 0 Å². The van der Waals surface area contributed by atoms with Gasteiger partial charge in [-0.25, -0.2) is 0 Å². The largest absolute Gasteiger partial charge is 0.387 e. The molecule has 0 radical (unpaired) electrons. The van der Waals surface area contributed by atoms with E-state index in [-0.39, 0.29) is 6.10 Å². The lowest BCUT2D eigenvalue weighted by Gasteiger charge is -2.27. The molecule has 1 aliphatic heterocycles. The maximum atomic E-state index is 9.62. The van der Waals surface area contributed by atoms with Gasteiger partial charge in [-0.05, 0) is 18.1 Å². The number of hydrogen-bond acceptors (Lipinski definition) is 2. The van der Waals surface area contributed by atoms with E-state index in [0.29, 0.717) is 12.6 Å². The Labute approximate surface area is 72.2 Å². The summed E-state index contributed by atoms with van der Waals surface area (Å²) >= 11 is 0. The first kappa shape index (κ1) is 7.77. The fourth-order valence-electron chi connectivity index (χ4n) is 1.72. The molecule has 0 aliphatic carbocycles. The highest BCUT2D eigenvalue weighted by Gasteiger charge is 2.21. The van der Waals surface area contributed by atoms with Gasteiger partial charge in [0.15, 0.2) is 0 Å². The van der Waals surface area contributed by atoms with Gasteiger partial charge in [-0.15, -0.1) is 0 Å². The summed E-state index contributed by atoms with van der Waals surface area (Å²) < 4.78 is 0. The number of β-amino-alcohol motifs (C(OH)–C–C–N with tert-alkyl or cyclic N) is 1. The summed E-state index contributed by atoms with van der Waals surface area (Å²) in [5.41, 5.74) is 2.29. The molecule has 0 unspecified atom stereocenters. The van der Waals surface area contributed by atoms with Crippen molar-refractivity contribution in [3.05, 3.63) is 35.4 Å². The van der Waals surface area contributed by atoms with Crippen molar-refractivity contribution in [2.24, 2.45) is 0 Å². The quantitative estimate of drug-likeness (QED) is 0.605. The van der Waals surface area contributed by atoms with Crippen LogP contribution in [-0.4, -0.2) is 11.7 Å². The van der Waals surface area contributed by atoms with Gasteiger partial charge in [-0.2, -0.15) is 0 Å². The SMILES string of the molecule is C[C@@H]1NC[C@@H](O)c2ccccc21. The van der Waals surface area contributed by atoms with Gasteiger partial charge in [-0.1, -0.05) is 24.3 Å². The molecular weight excluding hydrogens is 150 g/mol. The molecule has 0 saturated carbocycles. The van der Waals surface area contributed by atoms with Crippen molar-refractivity contribution in [3.8, 4) is 0 Å². The average Bonchev–Trinajstić information content (AvgIpc) is 2.12. The number of aliphatic hydroxyl groups is 1. The third kappa shape index (κ3) is 1.13. The average molecular weight is 163 g/mol. The Morgan fingerprint density at radius 2 is 2.00 bits per heavy atom. The van der Waals surface area contributed by atoms with Crippen LogP contribution in [0.3, 0.4) is 0 Å². The van der Waals surface area contributed by atoms with Crippen molar-refractivity contribution in [3.63, 3.8) is 0 Å². The molecule has 2 heteroatoms. The van der Waals surface area contributed by atoms with Crippen LogP contribution in [0, 0.1) is 0 Å². The zero-order valence-corrected chi connectivity index (χ0v) is 7.12. The highest BCUT2D eigenvalue weighted by atomic mass is 16.3. The topological polar surface area (TPSA) is 32.3 Å². The predicted octanol–water partition coefficient (Wildman–Crippen LogP) is 1.38. The molecule has 0 fully saturated rings. The summed E-state index contributed by atoms with van der Waals surface area (Å²) in [6, 6.07) is 8.41. The normalized spacial score (nSPS) is 28.2. The maximum absolute atomic E-state index is 9.62. The van der Waals surface area contributed by atoms with Gasteiger partial charge in [0.1, 0.15) is 0 Å². The molecule has 1 aromatic rings. The molecule has 1 aromatic carbocycles. The minimum Gasteiger partial charge on any atom is -0.387 e. The van der Waals surface area contributed by atoms with Crippen molar-refractivity contribution in [1.29, 1.82) is 0 Å². The van der Waals surface area contributed by atoms with Crippen LogP contribution in [0.1, 0.15) is 30.2 Å². The smallest absolute Gasteiger partial charge is 0.0917 e. The van der Waals surface area contributed by atoms with Crippen molar-refractivity contribution in [2.75, 3.05) is 6.54 Å². The fourth-order valence-corrected chi connectivity index (χ4v) is 1.72. The molecule has 2 N–H and O–H groups in total. The number of hydrogen-bond donors (Lipinski definition) is 2. The number of benzene rings is 1. The predicted molar refractivity (Wildman–Crippen MR) is 47.8 cm³/mol. The van der Waals surface area contributed by atoms with E-state index in [4.69, 9.17) is 0 Å². The Hall–Kier alpha value is -0.860. The first-order valence-electron chi connectivity index (χ1n) is 4.29. The van der Waals surface area contributed by atoms with Crippen LogP contribution < -0.4 is 5.32 Å². The van der Waals surface area contributed by atoms with E-state index >= 15 is 0 Å². The molecule has 0 bridgehead atoms. The van der Waals surface area contributed by atoms with Crippen LogP contribution in [0.4, 0.5) is 0 Å². The maximum Gasteiger partial charge on any atom is 0.0917 e. The molecule has 2 rings (SSSR count). The van der Waals surface area contributed by atoms with Gasteiger partial charge >= 0.3 is 0 Å².